The number of aliphatic hydroxyl groups is 1. The number of carbonyl (C=O) groups is 1. The second-order valence-electron chi connectivity index (χ2n) is 5.24. The van der Waals surface area contributed by atoms with Crippen molar-refractivity contribution in [3.63, 3.8) is 0 Å². The summed E-state index contributed by atoms with van der Waals surface area (Å²) in [5.74, 6) is -0.0989. The van der Waals surface area contributed by atoms with Crippen LogP contribution in [0.1, 0.15) is 18.9 Å². The molecular formula is C17H20N2O3. The van der Waals surface area contributed by atoms with E-state index in [2.05, 4.69) is 5.32 Å². The molecule has 0 spiro atoms. The van der Waals surface area contributed by atoms with Crippen LogP contribution in [0, 0.1) is 0 Å². The van der Waals surface area contributed by atoms with Gasteiger partial charge < -0.3 is 10.4 Å². The van der Waals surface area contributed by atoms with Crippen molar-refractivity contribution in [1.82, 2.24) is 9.88 Å². The Kier molecular flexibility index (Phi) is 5.49. The average Bonchev–Trinajstić information content (AvgIpc) is 2.47. The molecular weight excluding hydrogens is 280 g/mol. The van der Waals surface area contributed by atoms with Crippen LogP contribution >= 0.6 is 0 Å². The summed E-state index contributed by atoms with van der Waals surface area (Å²) in [4.78, 5) is 23.7. The zero-order chi connectivity index (χ0) is 15.9. The van der Waals surface area contributed by atoms with E-state index in [9.17, 15) is 9.59 Å². The van der Waals surface area contributed by atoms with Crippen molar-refractivity contribution in [2.75, 3.05) is 6.54 Å². The normalized spacial score (nSPS) is 11.9. The van der Waals surface area contributed by atoms with Gasteiger partial charge in [-0.25, -0.2) is 0 Å². The number of nitrogens with zero attached hydrogens (tertiary/aromatic N) is 1. The fourth-order valence-electron chi connectivity index (χ4n) is 2.13. The van der Waals surface area contributed by atoms with Crippen molar-refractivity contribution in [3.8, 4) is 5.69 Å². The Hall–Kier alpha value is -2.40. The molecule has 0 aliphatic rings. The van der Waals surface area contributed by atoms with E-state index in [-0.39, 0.29) is 17.9 Å². The van der Waals surface area contributed by atoms with E-state index in [1.54, 1.807) is 25.3 Å². The van der Waals surface area contributed by atoms with Gasteiger partial charge in [0.15, 0.2) is 0 Å². The number of pyridine rings is 1. The third kappa shape index (κ3) is 4.56. The fraction of sp³-hybridized carbons (Fsp3) is 0.294. The Morgan fingerprint density at radius 1 is 1.27 bits per heavy atom. The van der Waals surface area contributed by atoms with Crippen LogP contribution < -0.4 is 10.9 Å². The van der Waals surface area contributed by atoms with Crippen LogP contribution in [0.5, 0.6) is 0 Å². The standard InChI is InChI=1S/C17H20N2O3/c1-13(20)8-9-18-16(21)12-14-5-4-6-15(11-14)19-10-3-2-7-17(19)22/h2-7,10-11,13,20H,8-9,12H2,1H3,(H,18,21). The van der Waals surface area contributed by atoms with Crippen molar-refractivity contribution in [2.45, 2.75) is 25.9 Å². The molecule has 2 rings (SSSR count). The van der Waals surface area contributed by atoms with Crippen LogP contribution in [0.15, 0.2) is 53.5 Å². The van der Waals surface area contributed by atoms with Gasteiger partial charge in [-0.15, -0.1) is 0 Å². The summed E-state index contributed by atoms with van der Waals surface area (Å²) in [7, 11) is 0. The quantitative estimate of drug-likeness (QED) is 0.844. The third-order valence-corrected chi connectivity index (χ3v) is 3.26. The lowest BCUT2D eigenvalue weighted by Crippen LogP contribution is -2.28. The number of amides is 1. The van der Waals surface area contributed by atoms with E-state index < -0.39 is 6.10 Å². The molecule has 1 aromatic carbocycles. The molecule has 116 valence electrons. The van der Waals surface area contributed by atoms with Crippen LogP contribution in [0.4, 0.5) is 0 Å². The van der Waals surface area contributed by atoms with Gasteiger partial charge in [-0.3, -0.25) is 14.2 Å². The topological polar surface area (TPSA) is 71.3 Å². The first kappa shape index (κ1) is 16.0. The van der Waals surface area contributed by atoms with Gasteiger partial charge >= 0.3 is 0 Å². The minimum absolute atomic E-state index is 0.0989. The highest BCUT2D eigenvalue weighted by atomic mass is 16.3. The molecule has 5 heteroatoms. The lowest BCUT2D eigenvalue weighted by atomic mass is 10.1. The number of benzene rings is 1. The van der Waals surface area contributed by atoms with Crippen LogP contribution in [-0.4, -0.2) is 28.2 Å². The van der Waals surface area contributed by atoms with Gasteiger partial charge in [0.25, 0.3) is 5.56 Å². The molecule has 22 heavy (non-hydrogen) atoms. The van der Waals surface area contributed by atoms with E-state index >= 15 is 0 Å². The monoisotopic (exact) mass is 300 g/mol. The van der Waals surface area contributed by atoms with Gasteiger partial charge in [0.05, 0.1) is 12.5 Å². The van der Waals surface area contributed by atoms with Crippen LogP contribution in [0.2, 0.25) is 0 Å². The van der Waals surface area contributed by atoms with E-state index in [1.807, 2.05) is 24.3 Å². The van der Waals surface area contributed by atoms with Crippen molar-refractivity contribution in [3.05, 3.63) is 64.6 Å². The first-order valence-electron chi connectivity index (χ1n) is 7.28. The molecule has 0 bridgehead atoms. The maximum absolute atomic E-state index is 11.8. The van der Waals surface area contributed by atoms with Gasteiger partial charge in [-0.1, -0.05) is 18.2 Å². The van der Waals surface area contributed by atoms with Gasteiger partial charge in [0.2, 0.25) is 5.91 Å². The number of hydrogen-bond acceptors (Lipinski definition) is 3. The lowest BCUT2D eigenvalue weighted by molar-refractivity contribution is -0.120. The second kappa shape index (κ2) is 7.56. The summed E-state index contributed by atoms with van der Waals surface area (Å²) in [6, 6.07) is 12.3. The van der Waals surface area contributed by atoms with E-state index in [0.717, 1.165) is 11.3 Å². The van der Waals surface area contributed by atoms with E-state index in [0.29, 0.717) is 13.0 Å². The molecule has 0 fully saturated rings. The Morgan fingerprint density at radius 2 is 2.09 bits per heavy atom. The van der Waals surface area contributed by atoms with Crippen LogP contribution in [0.3, 0.4) is 0 Å². The smallest absolute Gasteiger partial charge is 0.255 e. The Morgan fingerprint density at radius 3 is 2.82 bits per heavy atom. The maximum atomic E-state index is 11.8. The molecule has 2 aromatic rings. The molecule has 1 atom stereocenters. The van der Waals surface area contributed by atoms with Gasteiger partial charge in [0, 0.05) is 24.5 Å². The predicted molar refractivity (Wildman–Crippen MR) is 85.1 cm³/mol. The number of aromatic nitrogens is 1. The summed E-state index contributed by atoms with van der Waals surface area (Å²) in [6.07, 6.45) is 2.05. The minimum Gasteiger partial charge on any atom is -0.393 e. The van der Waals surface area contributed by atoms with E-state index in [1.165, 1.54) is 10.6 Å². The van der Waals surface area contributed by atoms with Crippen LogP contribution in [-0.2, 0) is 11.2 Å². The molecule has 5 nitrogen and oxygen atoms in total. The Labute approximate surface area is 129 Å². The number of hydrogen-bond donors (Lipinski definition) is 2. The summed E-state index contributed by atoms with van der Waals surface area (Å²) in [6.45, 7) is 2.14. The number of carbonyl (C=O) groups excluding carboxylic acids is 1. The first-order chi connectivity index (χ1) is 10.6. The van der Waals surface area contributed by atoms with Crippen LogP contribution in [0.25, 0.3) is 5.69 Å². The van der Waals surface area contributed by atoms with Gasteiger partial charge in [0.1, 0.15) is 0 Å². The molecule has 0 saturated carbocycles. The fourth-order valence-corrected chi connectivity index (χ4v) is 2.13. The molecule has 2 N–H and O–H groups in total. The maximum Gasteiger partial charge on any atom is 0.255 e. The van der Waals surface area contributed by atoms with Crippen molar-refractivity contribution in [2.24, 2.45) is 0 Å². The Balaban J connectivity index is 2.05. The molecule has 1 amide bonds. The highest BCUT2D eigenvalue weighted by molar-refractivity contribution is 5.78. The second-order valence-corrected chi connectivity index (χ2v) is 5.24. The average molecular weight is 300 g/mol. The lowest BCUT2D eigenvalue weighted by Gasteiger charge is -2.09. The molecule has 0 saturated heterocycles. The zero-order valence-corrected chi connectivity index (χ0v) is 12.5. The van der Waals surface area contributed by atoms with Crippen molar-refractivity contribution >= 4 is 5.91 Å². The molecule has 1 heterocycles. The number of rotatable bonds is 6. The largest absolute Gasteiger partial charge is 0.393 e. The highest BCUT2D eigenvalue weighted by Crippen LogP contribution is 2.09. The van der Waals surface area contributed by atoms with E-state index in [4.69, 9.17) is 5.11 Å². The van der Waals surface area contributed by atoms with Crippen molar-refractivity contribution < 1.29 is 9.90 Å². The summed E-state index contributed by atoms with van der Waals surface area (Å²) < 4.78 is 1.54. The predicted octanol–water partition coefficient (Wildman–Crippen LogP) is 1.27. The number of nitrogens with one attached hydrogen (secondary N) is 1. The Bertz CT molecular complexity index is 692. The molecule has 1 aromatic heterocycles. The number of aliphatic hydroxyl groups excluding tert-OH is 1. The SMILES string of the molecule is CC(O)CCNC(=O)Cc1cccc(-n2ccccc2=O)c1. The highest BCUT2D eigenvalue weighted by Gasteiger charge is 2.06. The molecule has 1 unspecified atom stereocenters. The minimum atomic E-state index is -0.423. The zero-order valence-electron chi connectivity index (χ0n) is 12.5. The molecule has 0 aliphatic heterocycles. The van der Waals surface area contributed by atoms with Gasteiger partial charge in [-0.05, 0) is 37.1 Å². The van der Waals surface area contributed by atoms with Gasteiger partial charge in [-0.2, -0.15) is 0 Å². The molecule has 0 radical (unpaired) electrons. The summed E-state index contributed by atoms with van der Waals surface area (Å²) >= 11 is 0. The summed E-state index contributed by atoms with van der Waals surface area (Å²) in [5.41, 5.74) is 1.46. The first-order valence-corrected chi connectivity index (χ1v) is 7.28. The van der Waals surface area contributed by atoms with Crippen molar-refractivity contribution in [1.29, 1.82) is 0 Å². The molecule has 0 aliphatic carbocycles. The summed E-state index contributed by atoms with van der Waals surface area (Å²) in [5, 5.41) is 11.9. The third-order valence-electron chi connectivity index (χ3n) is 3.26.